The number of rotatable bonds is 4. The molecule has 1 aromatic carbocycles. The first-order chi connectivity index (χ1) is 10.6. The van der Waals surface area contributed by atoms with E-state index in [1.807, 2.05) is 4.90 Å². The van der Waals surface area contributed by atoms with E-state index < -0.39 is 11.4 Å². The first-order valence-electron chi connectivity index (χ1n) is 7.19. The van der Waals surface area contributed by atoms with Gasteiger partial charge in [0.2, 0.25) is 5.91 Å². The Balaban J connectivity index is 1.99. The molecule has 1 saturated heterocycles. The largest absolute Gasteiger partial charge is 0.368 e. The van der Waals surface area contributed by atoms with Gasteiger partial charge in [-0.25, -0.2) is 4.39 Å². The van der Waals surface area contributed by atoms with Crippen LogP contribution in [0, 0.1) is 5.82 Å². The fraction of sp³-hybridized carbons (Fsp3) is 0.312. The number of likely N-dealkylation sites (tertiary alicyclic amines) is 1. The molecule has 0 bridgehead atoms. The third kappa shape index (κ3) is 2.35. The number of amides is 1. The van der Waals surface area contributed by atoms with Gasteiger partial charge in [-0.15, -0.1) is 0 Å². The minimum Gasteiger partial charge on any atom is -0.368 e. The molecule has 0 aliphatic carbocycles. The average molecular weight is 300 g/mol. The van der Waals surface area contributed by atoms with Crippen molar-refractivity contribution in [1.82, 2.24) is 14.9 Å². The number of aromatic nitrogens is 2. The summed E-state index contributed by atoms with van der Waals surface area (Å²) >= 11 is 0. The summed E-state index contributed by atoms with van der Waals surface area (Å²) in [6, 6.07) is 6.56. The Hall–Kier alpha value is -2.34. The topological polar surface area (TPSA) is 72.1 Å². The fourth-order valence-electron chi connectivity index (χ4n) is 3.13. The molecule has 0 radical (unpaired) electrons. The van der Waals surface area contributed by atoms with Crippen LogP contribution in [0.15, 0.2) is 42.9 Å². The van der Waals surface area contributed by atoms with Gasteiger partial charge < -0.3 is 5.73 Å². The summed E-state index contributed by atoms with van der Waals surface area (Å²) in [6.45, 7) is 0.972. The predicted octanol–water partition coefficient (Wildman–Crippen LogP) is 1.59. The molecular formula is C16H17FN4O. The lowest BCUT2D eigenvalue weighted by atomic mass is 9.91. The van der Waals surface area contributed by atoms with Gasteiger partial charge in [-0.2, -0.15) is 0 Å². The lowest BCUT2D eigenvalue weighted by Crippen LogP contribution is -2.51. The standard InChI is InChI=1S/C16H17FN4O/c17-13-5-2-1-4-12(13)11-21-9-3-6-16(21,15(18)22)14-10-19-7-8-20-14/h1-2,4-5,7-8,10H,3,6,9,11H2,(H2,18,22)/t16-/m1/s1. The van der Waals surface area contributed by atoms with E-state index in [-0.39, 0.29) is 5.82 Å². The molecule has 2 heterocycles. The van der Waals surface area contributed by atoms with Crippen molar-refractivity contribution in [2.24, 2.45) is 5.73 Å². The van der Waals surface area contributed by atoms with Crippen molar-refractivity contribution in [3.63, 3.8) is 0 Å². The van der Waals surface area contributed by atoms with Crippen molar-refractivity contribution >= 4 is 5.91 Å². The number of halogens is 1. The average Bonchev–Trinajstić information content (AvgIpc) is 2.95. The fourth-order valence-corrected chi connectivity index (χ4v) is 3.13. The Kier molecular flexibility index (Phi) is 3.85. The van der Waals surface area contributed by atoms with Crippen LogP contribution in [0.5, 0.6) is 0 Å². The molecule has 6 heteroatoms. The molecule has 1 atom stereocenters. The van der Waals surface area contributed by atoms with E-state index in [1.54, 1.807) is 36.8 Å². The van der Waals surface area contributed by atoms with Crippen LogP contribution in [0.3, 0.4) is 0 Å². The number of carbonyl (C=O) groups is 1. The SMILES string of the molecule is NC(=O)[C@]1(c2cnccn2)CCCN1Cc1ccccc1F. The highest BCUT2D eigenvalue weighted by Gasteiger charge is 2.49. The number of nitrogens with two attached hydrogens (primary N) is 1. The number of carbonyl (C=O) groups excluding carboxylic acids is 1. The minimum atomic E-state index is -1.02. The van der Waals surface area contributed by atoms with Crippen LogP contribution < -0.4 is 5.73 Å². The van der Waals surface area contributed by atoms with Crippen LogP contribution in [-0.2, 0) is 16.9 Å². The van der Waals surface area contributed by atoms with Crippen LogP contribution in [0.25, 0.3) is 0 Å². The highest BCUT2D eigenvalue weighted by Crippen LogP contribution is 2.38. The maximum absolute atomic E-state index is 13.9. The number of primary amides is 1. The van der Waals surface area contributed by atoms with Crippen LogP contribution in [0.4, 0.5) is 4.39 Å². The molecule has 5 nitrogen and oxygen atoms in total. The number of hydrogen-bond acceptors (Lipinski definition) is 4. The van der Waals surface area contributed by atoms with E-state index in [4.69, 9.17) is 5.73 Å². The minimum absolute atomic E-state index is 0.285. The van der Waals surface area contributed by atoms with Crippen molar-refractivity contribution in [3.05, 3.63) is 59.9 Å². The van der Waals surface area contributed by atoms with Gasteiger partial charge in [0.1, 0.15) is 11.4 Å². The monoisotopic (exact) mass is 300 g/mol. The van der Waals surface area contributed by atoms with Crippen molar-refractivity contribution in [2.45, 2.75) is 24.9 Å². The molecule has 0 unspecified atom stereocenters. The summed E-state index contributed by atoms with van der Waals surface area (Å²) in [5.74, 6) is -0.756. The molecular weight excluding hydrogens is 283 g/mol. The maximum atomic E-state index is 13.9. The van der Waals surface area contributed by atoms with Crippen LogP contribution in [0.2, 0.25) is 0 Å². The zero-order valence-corrected chi connectivity index (χ0v) is 12.1. The summed E-state index contributed by atoms with van der Waals surface area (Å²) in [4.78, 5) is 22.4. The summed E-state index contributed by atoms with van der Waals surface area (Å²) in [5.41, 5.74) is 5.75. The first-order valence-corrected chi connectivity index (χ1v) is 7.19. The van der Waals surface area contributed by atoms with Gasteiger partial charge in [-0.3, -0.25) is 19.7 Å². The van der Waals surface area contributed by atoms with Crippen LogP contribution >= 0.6 is 0 Å². The summed E-state index contributed by atoms with van der Waals surface area (Å²) in [6.07, 6.45) is 6.02. The smallest absolute Gasteiger partial charge is 0.244 e. The van der Waals surface area contributed by atoms with E-state index >= 15 is 0 Å². The highest BCUT2D eigenvalue weighted by molar-refractivity contribution is 5.86. The normalized spacial score (nSPS) is 21.9. The van der Waals surface area contributed by atoms with Crippen LogP contribution in [-0.4, -0.2) is 27.3 Å². The molecule has 1 fully saturated rings. The molecule has 22 heavy (non-hydrogen) atoms. The van der Waals surface area contributed by atoms with Crippen LogP contribution in [0.1, 0.15) is 24.1 Å². The van der Waals surface area contributed by atoms with Gasteiger partial charge in [0, 0.05) is 24.5 Å². The van der Waals surface area contributed by atoms with Crippen molar-refractivity contribution < 1.29 is 9.18 Å². The lowest BCUT2D eigenvalue weighted by molar-refractivity contribution is -0.129. The molecule has 2 N–H and O–H groups in total. The quantitative estimate of drug-likeness (QED) is 0.930. The third-order valence-electron chi connectivity index (χ3n) is 4.22. The van der Waals surface area contributed by atoms with E-state index in [9.17, 15) is 9.18 Å². The molecule has 2 aromatic rings. The van der Waals surface area contributed by atoms with E-state index in [0.29, 0.717) is 30.8 Å². The second-order valence-electron chi connectivity index (χ2n) is 5.43. The van der Waals surface area contributed by atoms with Crippen molar-refractivity contribution in [1.29, 1.82) is 0 Å². The third-order valence-corrected chi connectivity index (χ3v) is 4.22. The van der Waals surface area contributed by atoms with Gasteiger partial charge >= 0.3 is 0 Å². The van der Waals surface area contributed by atoms with Gasteiger partial charge in [0.05, 0.1) is 11.9 Å². The lowest BCUT2D eigenvalue weighted by Gasteiger charge is -2.35. The number of nitrogens with zero attached hydrogens (tertiary/aromatic N) is 3. The molecule has 3 rings (SSSR count). The Morgan fingerprint density at radius 2 is 2.18 bits per heavy atom. The zero-order chi connectivity index (χ0) is 15.6. The number of benzene rings is 1. The van der Waals surface area contributed by atoms with E-state index in [2.05, 4.69) is 9.97 Å². The van der Waals surface area contributed by atoms with Gasteiger partial charge in [-0.05, 0) is 25.5 Å². The molecule has 1 aliphatic heterocycles. The van der Waals surface area contributed by atoms with Gasteiger partial charge in [0.15, 0.2) is 0 Å². The Morgan fingerprint density at radius 3 is 2.86 bits per heavy atom. The number of hydrogen-bond donors (Lipinski definition) is 1. The highest BCUT2D eigenvalue weighted by atomic mass is 19.1. The van der Waals surface area contributed by atoms with Gasteiger partial charge in [0.25, 0.3) is 0 Å². The Bertz CT molecular complexity index is 679. The first kappa shape index (κ1) is 14.6. The summed E-state index contributed by atoms with van der Waals surface area (Å²) < 4.78 is 13.9. The molecule has 114 valence electrons. The summed E-state index contributed by atoms with van der Waals surface area (Å²) in [7, 11) is 0. The molecule has 0 spiro atoms. The molecule has 1 aliphatic rings. The zero-order valence-electron chi connectivity index (χ0n) is 12.1. The predicted molar refractivity (Wildman–Crippen MR) is 78.9 cm³/mol. The maximum Gasteiger partial charge on any atom is 0.244 e. The molecule has 1 amide bonds. The Labute approximate surface area is 128 Å². The second-order valence-corrected chi connectivity index (χ2v) is 5.43. The molecule has 1 aromatic heterocycles. The van der Waals surface area contributed by atoms with Crippen molar-refractivity contribution in [3.8, 4) is 0 Å². The van der Waals surface area contributed by atoms with Gasteiger partial charge in [-0.1, -0.05) is 18.2 Å². The van der Waals surface area contributed by atoms with Crippen molar-refractivity contribution in [2.75, 3.05) is 6.54 Å². The Morgan fingerprint density at radius 1 is 1.36 bits per heavy atom. The second kappa shape index (κ2) is 5.81. The molecule has 0 saturated carbocycles. The van der Waals surface area contributed by atoms with E-state index in [1.165, 1.54) is 6.07 Å². The van der Waals surface area contributed by atoms with E-state index in [0.717, 1.165) is 6.42 Å². The summed E-state index contributed by atoms with van der Waals surface area (Å²) in [5, 5.41) is 0.